The fourth-order valence-corrected chi connectivity index (χ4v) is 3.77. The Morgan fingerprint density at radius 2 is 1.83 bits per heavy atom. The smallest absolute Gasteiger partial charge is 0.328 e. The highest BCUT2D eigenvalue weighted by atomic mass is 32.2. The van der Waals surface area contributed by atoms with E-state index in [1.165, 1.54) is 41.4 Å². The number of imidazole rings is 1. The maximum Gasteiger partial charge on any atom is 0.328 e. The van der Waals surface area contributed by atoms with Gasteiger partial charge in [0, 0.05) is 20.2 Å². The molecule has 0 N–H and O–H groups in total. The second kappa shape index (κ2) is 7.54. The van der Waals surface area contributed by atoms with E-state index in [9.17, 15) is 29.3 Å². The quantitative estimate of drug-likeness (QED) is 0.307. The molecule has 11 nitrogen and oxygen atoms in total. The Bertz CT molecular complexity index is 1160. The van der Waals surface area contributed by atoms with Gasteiger partial charge in [-0.2, -0.15) is 0 Å². The predicted octanol–water partition coefficient (Wildman–Crippen LogP) is 1.38. The Kier molecular flexibility index (Phi) is 5.29. The third kappa shape index (κ3) is 3.53. The zero-order valence-corrected chi connectivity index (χ0v) is 16.5. The van der Waals surface area contributed by atoms with E-state index in [1.807, 2.05) is 0 Å². The Hall–Kier alpha value is -3.41. The van der Waals surface area contributed by atoms with Crippen LogP contribution in [0.5, 0.6) is 0 Å². The van der Waals surface area contributed by atoms with E-state index < -0.39 is 28.6 Å². The molecule has 0 radical (unpaired) electrons. The lowest BCUT2D eigenvalue weighted by atomic mass is 10.1. The van der Waals surface area contributed by atoms with Crippen LogP contribution in [0.4, 0.5) is 10.5 Å². The molecule has 1 saturated heterocycles. The molecule has 1 fully saturated rings. The average molecular weight is 420 g/mol. The van der Waals surface area contributed by atoms with Crippen LogP contribution in [0.1, 0.15) is 12.5 Å². The molecule has 0 spiro atoms. The molecule has 152 valence electrons. The largest absolute Gasteiger partial charge is 0.465 e. The summed E-state index contributed by atoms with van der Waals surface area (Å²) in [6.45, 7) is 1.16. The molecule has 1 aromatic carbocycles. The molecule has 1 aliphatic rings. The number of thioether (sulfide) groups is 1. The van der Waals surface area contributed by atoms with E-state index in [0.717, 1.165) is 4.90 Å². The van der Waals surface area contributed by atoms with E-state index in [0.29, 0.717) is 22.8 Å². The lowest BCUT2D eigenvalue weighted by molar-refractivity contribution is -0.385. The zero-order chi connectivity index (χ0) is 21.5. The normalized spacial score (nSPS) is 15.6. The summed E-state index contributed by atoms with van der Waals surface area (Å²) in [5, 5.41) is 10.8. The maximum atomic E-state index is 12.5. The van der Waals surface area contributed by atoms with Crippen molar-refractivity contribution < 1.29 is 24.0 Å². The molecule has 12 heteroatoms. The van der Waals surface area contributed by atoms with Crippen LogP contribution in [0.15, 0.2) is 21.8 Å². The number of imide groups is 1. The van der Waals surface area contributed by atoms with Gasteiger partial charge in [0.05, 0.1) is 33.0 Å². The number of nitrogens with zero attached hydrogens (tertiary/aromatic N) is 4. The summed E-state index contributed by atoms with van der Waals surface area (Å²) in [6.07, 6.45) is 1.21. The molecule has 2 heterocycles. The van der Waals surface area contributed by atoms with Crippen LogP contribution < -0.4 is 5.69 Å². The van der Waals surface area contributed by atoms with Crippen molar-refractivity contribution in [1.29, 1.82) is 0 Å². The lowest BCUT2D eigenvalue weighted by Gasteiger charge is -2.10. The Morgan fingerprint density at radius 1 is 1.21 bits per heavy atom. The highest BCUT2D eigenvalue weighted by Crippen LogP contribution is 2.35. The SMILES string of the molecule is CCOC(=O)CN1C(=O)S/C(=C\c2cc3c(cc2[N+](=O)[O-])n(C)c(=O)n3C)C1=O. The molecule has 0 aliphatic carbocycles. The van der Waals surface area contributed by atoms with Gasteiger partial charge in [-0.05, 0) is 30.8 Å². The number of aryl methyl sites for hydroxylation is 2. The van der Waals surface area contributed by atoms with Crippen molar-refractivity contribution in [3.8, 4) is 0 Å². The zero-order valence-electron chi connectivity index (χ0n) is 15.7. The number of carbonyl (C=O) groups excluding carboxylic acids is 3. The first-order valence-corrected chi connectivity index (χ1v) is 9.22. The van der Waals surface area contributed by atoms with Gasteiger partial charge in [0.25, 0.3) is 16.8 Å². The number of carbonyl (C=O) groups is 3. The van der Waals surface area contributed by atoms with Crippen molar-refractivity contribution >= 4 is 51.7 Å². The fraction of sp³-hybridized carbons (Fsp3) is 0.294. The molecule has 0 atom stereocenters. The van der Waals surface area contributed by atoms with Gasteiger partial charge in [0.15, 0.2) is 0 Å². The number of rotatable bonds is 5. The standard InChI is InChI=1S/C17H16N4O7S/c1-4-28-14(22)8-20-15(23)13(29-17(20)25)6-9-5-11-12(7-10(9)21(26)27)19(3)16(24)18(11)2/h5-7H,4,8H2,1-3H3/b13-6-. The van der Waals surface area contributed by atoms with E-state index in [1.54, 1.807) is 6.92 Å². The molecule has 2 aromatic rings. The molecule has 1 aliphatic heterocycles. The second-order valence-corrected chi connectivity index (χ2v) is 7.12. The van der Waals surface area contributed by atoms with E-state index >= 15 is 0 Å². The summed E-state index contributed by atoms with van der Waals surface area (Å²) in [7, 11) is 3.02. The number of esters is 1. The van der Waals surface area contributed by atoms with Crippen molar-refractivity contribution in [3.05, 3.63) is 43.2 Å². The second-order valence-electron chi connectivity index (χ2n) is 6.13. The highest BCUT2D eigenvalue weighted by Gasteiger charge is 2.37. The summed E-state index contributed by atoms with van der Waals surface area (Å²) in [5.41, 5.74) is 0.166. The van der Waals surface area contributed by atoms with Gasteiger partial charge in [-0.25, -0.2) is 4.79 Å². The molecule has 29 heavy (non-hydrogen) atoms. The van der Waals surface area contributed by atoms with Gasteiger partial charge in [-0.3, -0.25) is 38.5 Å². The molecule has 1 aromatic heterocycles. The van der Waals surface area contributed by atoms with Crippen molar-refractivity contribution in [2.75, 3.05) is 13.2 Å². The average Bonchev–Trinajstić information content (AvgIpc) is 3.04. The number of hydrogen-bond acceptors (Lipinski definition) is 8. The summed E-state index contributed by atoms with van der Waals surface area (Å²) < 4.78 is 7.34. The third-order valence-corrected chi connectivity index (χ3v) is 5.28. The van der Waals surface area contributed by atoms with E-state index in [-0.39, 0.29) is 28.5 Å². The number of benzene rings is 1. The molecule has 3 rings (SSSR count). The minimum absolute atomic E-state index is 0.0605. The number of aromatic nitrogens is 2. The number of ether oxygens (including phenoxy) is 1. The Labute approximate surface area is 167 Å². The Morgan fingerprint density at radius 3 is 2.41 bits per heavy atom. The van der Waals surface area contributed by atoms with Gasteiger partial charge in [0.2, 0.25) is 0 Å². The predicted molar refractivity (Wildman–Crippen MR) is 104 cm³/mol. The number of fused-ring (bicyclic) bond motifs is 1. The number of hydrogen-bond donors (Lipinski definition) is 0. The van der Waals surface area contributed by atoms with E-state index in [4.69, 9.17) is 4.74 Å². The van der Waals surface area contributed by atoms with Gasteiger partial charge in [-0.1, -0.05) is 0 Å². The first-order valence-electron chi connectivity index (χ1n) is 8.40. The maximum absolute atomic E-state index is 12.5. The van der Waals surface area contributed by atoms with Crippen molar-refractivity contribution in [3.63, 3.8) is 0 Å². The van der Waals surface area contributed by atoms with Crippen LogP contribution in [-0.2, 0) is 28.4 Å². The molecular formula is C17H16N4O7S. The highest BCUT2D eigenvalue weighted by molar-refractivity contribution is 8.18. The number of amides is 2. The van der Waals surface area contributed by atoms with Crippen LogP contribution >= 0.6 is 11.8 Å². The van der Waals surface area contributed by atoms with Crippen LogP contribution in [0.3, 0.4) is 0 Å². The topological polar surface area (TPSA) is 134 Å². The minimum Gasteiger partial charge on any atom is -0.465 e. The van der Waals surface area contributed by atoms with Gasteiger partial charge in [-0.15, -0.1) is 0 Å². The van der Waals surface area contributed by atoms with E-state index in [2.05, 4.69) is 0 Å². The van der Waals surface area contributed by atoms with Crippen LogP contribution in [0, 0.1) is 10.1 Å². The molecule has 0 unspecified atom stereocenters. The summed E-state index contributed by atoms with van der Waals surface area (Å²) in [5.74, 6) is -1.48. The lowest BCUT2D eigenvalue weighted by Crippen LogP contribution is -2.34. The molecule has 0 saturated carbocycles. The minimum atomic E-state index is -0.746. The summed E-state index contributed by atoms with van der Waals surface area (Å²) >= 11 is 0.569. The summed E-state index contributed by atoms with van der Waals surface area (Å²) in [6, 6.07) is 2.65. The number of nitro groups is 1. The van der Waals surface area contributed by atoms with Crippen LogP contribution in [-0.4, -0.2) is 49.2 Å². The first kappa shape index (κ1) is 20.3. The van der Waals surface area contributed by atoms with Crippen molar-refractivity contribution in [2.45, 2.75) is 6.92 Å². The van der Waals surface area contributed by atoms with Crippen molar-refractivity contribution in [2.24, 2.45) is 14.1 Å². The van der Waals surface area contributed by atoms with Gasteiger partial charge in [0.1, 0.15) is 6.54 Å². The van der Waals surface area contributed by atoms with Gasteiger partial charge >= 0.3 is 11.7 Å². The summed E-state index contributed by atoms with van der Waals surface area (Å²) in [4.78, 5) is 59.8. The molecule has 2 amide bonds. The monoisotopic (exact) mass is 420 g/mol. The first-order chi connectivity index (χ1) is 13.6. The van der Waals surface area contributed by atoms with Crippen LogP contribution in [0.2, 0.25) is 0 Å². The Balaban J connectivity index is 2.06. The molecule has 0 bridgehead atoms. The third-order valence-electron chi connectivity index (χ3n) is 4.37. The number of nitro benzene ring substituents is 1. The van der Waals surface area contributed by atoms with Crippen LogP contribution in [0.25, 0.3) is 17.1 Å². The van der Waals surface area contributed by atoms with Gasteiger partial charge < -0.3 is 4.74 Å². The molecular weight excluding hydrogens is 404 g/mol. The van der Waals surface area contributed by atoms with Crippen molar-refractivity contribution in [1.82, 2.24) is 14.0 Å². The fourth-order valence-electron chi connectivity index (χ4n) is 2.94.